The van der Waals surface area contributed by atoms with Crippen LogP contribution in [-0.4, -0.2) is 23.1 Å². The first kappa shape index (κ1) is 20.6. The van der Waals surface area contributed by atoms with Crippen molar-refractivity contribution in [2.45, 2.75) is 18.8 Å². The van der Waals surface area contributed by atoms with Gasteiger partial charge in [-0.2, -0.15) is 0 Å². The molecular formula is C25H19F4N3. The molecule has 2 aromatic heterocycles. The summed E-state index contributed by atoms with van der Waals surface area (Å²) in [5.41, 5.74) is 1.44. The maximum atomic E-state index is 14.8. The van der Waals surface area contributed by atoms with Gasteiger partial charge in [-0.1, -0.05) is 6.07 Å². The highest BCUT2D eigenvalue weighted by Gasteiger charge is 2.23. The van der Waals surface area contributed by atoms with Gasteiger partial charge in [0.2, 0.25) is 0 Å². The van der Waals surface area contributed by atoms with Crippen molar-refractivity contribution >= 4 is 10.9 Å². The highest BCUT2D eigenvalue weighted by molar-refractivity contribution is 6.01. The third-order valence-corrected chi connectivity index (χ3v) is 5.93. The molecule has 4 aromatic rings. The van der Waals surface area contributed by atoms with Gasteiger partial charge in [0.25, 0.3) is 0 Å². The van der Waals surface area contributed by atoms with Crippen molar-refractivity contribution in [3.8, 4) is 22.4 Å². The topological polar surface area (TPSA) is 37.8 Å². The highest BCUT2D eigenvalue weighted by Crippen LogP contribution is 2.38. The van der Waals surface area contributed by atoms with Crippen LogP contribution in [-0.2, 0) is 0 Å². The van der Waals surface area contributed by atoms with Crippen molar-refractivity contribution in [3.63, 3.8) is 0 Å². The van der Waals surface area contributed by atoms with Crippen LogP contribution in [0.15, 0.2) is 54.7 Å². The Morgan fingerprint density at radius 3 is 2.28 bits per heavy atom. The molecule has 32 heavy (non-hydrogen) atoms. The number of pyridine rings is 2. The second-order valence-corrected chi connectivity index (χ2v) is 7.90. The van der Waals surface area contributed by atoms with Crippen molar-refractivity contribution < 1.29 is 17.6 Å². The van der Waals surface area contributed by atoms with Gasteiger partial charge < -0.3 is 5.32 Å². The molecule has 7 heteroatoms. The van der Waals surface area contributed by atoms with Gasteiger partial charge in [-0.25, -0.2) is 17.6 Å². The van der Waals surface area contributed by atoms with E-state index < -0.39 is 23.3 Å². The molecule has 0 saturated carbocycles. The van der Waals surface area contributed by atoms with Gasteiger partial charge in [0.1, 0.15) is 29.0 Å². The molecule has 0 radical (unpaired) electrons. The van der Waals surface area contributed by atoms with Crippen molar-refractivity contribution in [2.24, 2.45) is 0 Å². The van der Waals surface area contributed by atoms with E-state index in [1.54, 1.807) is 12.1 Å². The number of hydrogen-bond donors (Lipinski definition) is 1. The average Bonchev–Trinajstić information content (AvgIpc) is 2.79. The van der Waals surface area contributed by atoms with Crippen molar-refractivity contribution in [1.82, 2.24) is 15.3 Å². The van der Waals surface area contributed by atoms with Crippen LogP contribution in [0.2, 0.25) is 0 Å². The molecule has 0 bridgehead atoms. The van der Waals surface area contributed by atoms with E-state index in [4.69, 9.17) is 4.98 Å². The molecule has 2 aromatic carbocycles. The molecule has 1 fully saturated rings. The summed E-state index contributed by atoms with van der Waals surface area (Å²) in [4.78, 5) is 9.02. The molecule has 3 heterocycles. The van der Waals surface area contributed by atoms with Crippen molar-refractivity contribution in [3.05, 3.63) is 83.7 Å². The van der Waals surface area contributed by atoms with Gasteiger partial charge in [0.05, 0.1) is 11.1 Å². The summed E-state index contributed by atoms with van der Waals surface area (Å²) in [6.07, 6.45) is 3.07. The minimum atomic E-state index is -0.756. The summed E-state index contributed by atoms with van der Waals surface area (Å²) in [6, 6.07) is 10.4. The summed E-state index contributed by atoms with van der Waals surface area (Å²) in [5.74, 6) is -2.81. The molecule has 3 nitrogen and oxygen atoms in total. The minimum absolute atomic E-state index is 0.0534. The highest BCUT2D eigenvalue weighted by atomic mass is 19.1. The van der Waals surface area contributed by atoms with Gasteiger partial charge >= 0.3 is 0 Å². The average molecular weight is 437 g/mol. The van der Waals surface area contributed by atoms with Crippen LogP contribution >= 0.6 is 0 Å². The standard InChI is InChI=1S/C25H19F4N3/c26-15-4-5-16(21(29)12-15)18-13-22(14-6-9-30-10-7-14)32-24-17(18)8-11-31-25(24)23-19(27)2-1-3-20(23)28/h1-5,8,11-14,30H,6-7,9-10H2. The fourth-order valence-electron chi connectivity index (χ4n) is 4.34. The zero-order valence-electron chi connectivity index (χ0n) is 17.0. The largest absolute Gasteiger partial charge is 0.317 e. The second kappa shape index (κ2) is 8.31. The summed E-state index contributed by atoms with van der Waals surface area (Å²) >= 11 is 0. The second-order valence-electron chi connectivity index (χ2n) is 7.90. The number of rotatable bonds is 3. The summed E-state index contributed by atoms with van der Waals surface area (Å²) < 4.78 is 57.6. The lowest BCUT2D eigenvalue weighted by atomic mass is 9.90. The lowest BCUT2D eigenvalue weighted by molar-refractivity contribution is 0.454. The number of benzene rings is 2. The third kappa shape index (κ3) is 3.62. The van der Waals surface area contributed by atoms with E-state index in [0.29, 0.717) is 16.6 Å². The normalized spacial score (nSPS) is 14.8. The summed E-state index contributed by atoms with van der Waals surface area (Å²) in [7, 11) is 0. The predicted octanol–water partition coefficient (Wildman–Crippen LogP) is 5.99. The Balaban J connectivity index is 1.83. The SMILES string of the molecule is Fc1ccc(-c2cc(C3CCNCC3)nc3c(-c4c(F)cccc4F)nccc23)c(F)c1. The molecule has 1 saturated heterocycles. The first-order valence-corrected chi connectivity index (χ1v) is 10.4. The quantitative estimate of drug-likeness (QED) is 0.400. The molecular weight excluding hydrogens is 418 g/mol. The number of aromatic nitrogens is 2. The predicted molar refractivity (Wildman–Crippen MR) is 115 cm³/mol. The zero-order valence-corrected chi connectivity index (χ0v) is 17.0. The zero-order chi connectivity index (χ0) is 22.2. The van der Waals surface area contributed by atoms with E-state index in [1.165, 1.54) is 24.4 Å². The van der Waals surface area contributed by atoms with Crippen molar-refractivity contribution in [1.29, 1.82) is 0 Å². The van der Waals surface area contributed by atoms with Crippen LogP contribution in [0.1, 0.15) is 24.5 Å². The van der Waals surface area contributed by atoms with Gasteiger partial charge in [0.15, 0.2) is 0 Å². The molecule has 5 rings (SSSR count). The summed E-state index contributed by atoms with van der Waals surface area (Å²) in [5, 5.41) is 3.78. The fraction of sp³-hybridized carbons (Fsp3) is 0.200. The van der Waals surface area contributed by atoms with Crippen LogP contribution in [0.3, 0.4) is 0 Å². The Morgan fingerprint density at radius 1 is 0.812 bits per heavy atom. The Hall–Kier alpha value is -3.32. The number of halogens is 4. The van der Waals surface area contributed by atoms with Gasteiger partial charge in [-0.3, -0.25) is 9.97 Å². The van der Waals surface area contributed by atoms with Crippen LogP contribution < -0.4 is 5.32 Å². The molecule has 0 aliphatic carbocycles. The fourth-order valence-corrected chi connectivity index (χ4v) is 4.34. The van der Waals surface area contributed by atoms with E-state index in [2.05, 4.69) is 10.3 Å². The molecule has 1 aliphatic heterocycles. The number of piperidine rings is 1. The first-order chi connectivity index (χ1) is 15.5. The Labute approximate surface area is 182 Å². The van der Waals surface area contributed by atoms with Gasteiger partial charge in [-0.05, 0) is 67.9 Å². The minimum Gasteiger partial charge on any atom is -0.317 e. The molecule has 162 valence electrons. The van der Waals surface area contributed by atoms with E-state index >= 15 is 0 Å². The number of fused-ring (bicyclic) bond motifs is 1. The smallest absolute Gasteiger partial charge is 0.135 e. The van der Waals surface area contributed by atoms with Crippen LogP contribution in [0.25, 0.3) is 33.3 Å². The maximum absolute atomic E-state index is 14.8. The lowest BCUT2D eigenvalue weighted by Crippen LogP contribution is -2.27. The van der Waals surface area contributed by atoms with E-state index in [9.17, 15) is 17.6 Å². The van der Waals surface area contributed by atoms with Gasteiger partial charge in [0, 0.05) is 34.8 Å². The molecule has 0 amide bonds. The number of hydrogen-bond acceptors (Lipinski definition) is 3. The summed E-state index contributed by atoms with van der Waals surface area (Å²) in [6.45, 7) is 1.62. The monoisotopic (exact) mass is 437 g/mol. The van der Waals surface area contributed by atoms with Gasteiger partial charge in [-0.15, -0.1) is 0 Å². The molecule has 0 atom stereocenters. The van der Waals surface area contributed by atoms with Crippen LogP contribution in [0.5, 0.6) is 0 Å². The van der Waals surface area contributed by atoms with Crippen molar-refractivity contribution in [2.75, 3.05) is 13.1 Å². The number of nitrogens with zero attached hydrogens (tertiary/aromatic N) is 2. The van der Waals surface area contributed by atoms with Crippen LogP contribution in [0.4, 0.5) is 17.6 Å². The lowest BCUT2D eigenvalue weighted by Gasteiger charge is -2.23. The third-order valence-electron chi connectivity index (χ3n) is 5.93. The molecule has 0 spiro atoms. The van der Waals surface area contributed by atoms with E-state index in [-0.39, 0.29) is 28.3 Å². The molecule has 0 unspecified atom stereocenters. The Kier molecular flexibility index (Phi) is 5.35. The number of nitrogens with one attached hydrogen (secondary N) is 1. The van der Waals surface area contributed by atoms with E-state index in [0.717, 1.165) is 44.1 Å². The maximum Gasteiger partial charge on any atom is 0.135 e. The first-order valence-electron chi connectivity index (χ1n) is 10.4. The molecule has 1 N–H and O–H groups in total. The Bertz CT molecular complexity index is 1300. The van der Waals surface area contributed by atoms with E-state index in [1.807, 2.05) is 0 Å². The van der Waals surface area contributed by atoms with Crippen LogP contribution in [0, 0.1) is 23.3 Å². The Morgan fingerprint density at radius 2 is 1.56 bits per heavy atom. The molecule has 1 aliphatic rings.